The van der Waals surface area contributed by atoms with Gasteiger partial charge in [0.05, 0.1) is 0 Å². The first-order chi connectivity index (χ1) is 6.92. The molecule has 4 heteroatoms. The van der Waals surface area contributed by atoms with Gasteiger partial charge in [0, 0.05) is 6.04 Å². The Bertz CT molecular complexity index is 308. The quantitative estimate of drug-likeness (QED) is 0.837. The number of rotatable bonds is 4. The van der Waals surface area contributed by atoms with Crippen LogP contribution in [0.4, 0.5) is 0 Å². The van der Waals surface area contributed by atoms with E-state index in [0.717, 1.165) is 12.2 Å². The smallest absolute Gasteiger partial charge is 0.242 e. The van der Waals surface area contributed by atoms with Crippen LogP contribution in [0.25, 0.3) is 0 Å². The van der Waals surface area contributed by atoms with Crippen molar-refractivity contribution in [2.24, 2.45) is 5.73 Å². The minimum atomic E-state index is -1.48. The molecule has 0 bridgehead atoms. The first-order valence-electron chi connectivity index (χ1n) is 5.47. The standard InChI is InChI=1S/C12H21NOSi.ClH/c1-5-12(13)10-6-8-11(9-7-10)14-15(2,3)4;/h6-9,12H,5,13H2,1-4H3;1H/t12-;/m1./s1. The molecule has 1 aromatic carbocycles. The van der Waals surface area contributed by atoms with Crippen molar-refractivity contribution in [3.8, 4) is 5.75 Å². The van der Waals surface area contributed by atoms with E-state index < -0.39 is 8.32 Å². The van der Waals surface area contributed by atoms with Crippen molar-refractivity contribution in [1.82, 2.24) is 0 Å². The molecular formula is C12H22ClNOSi. The van der Waals surface area contributed by atoms with Crippen LogP contribution in [0, 0.1) is 0 Å². The number of hydrogen-bond donors (Lipinski definition) is 1. The Kier molecular flexibility index (Phi) is 6.08. The molecule has 0 aliphatic carbocycles. The largest absolute Gasteiger partial charge is 0.544 e. The molecule has 92 valence electrons. The molecule has 0 aliphatic heterocycles. The van der Waals surface area contributed by atoms with Crippen molar-refractivity contribution < 1.29 is 4.43 Å². The lowest BCUT2D eigenvalue weighted by Gasteiger charge is -2.19. The molecule has 2 N–H and O–H groups in total. The Balaban J connectivity index is 0.00000225. The molecule has 0 aliphatic rings. The third-order valence-electron chi connectivity index (χ3n) is 2.17. The van der Waals surface area contributed by atoms with Crippen molar-refractivity contribution in [1.29, 1.82) is 0 Å². The van der Waals surface area contributed by atoms with E-state index in [9.17, 15) is 0 Å². The van der Waals surface area contributed by atoms with Crippen LogP contribution < -0.4 is 10.2 Å². The van der Waals surface area contributed by atoms with Gasteiger partial charge in [0.15, 0.2) is 0 Å². The maximum Gasteiger partial charge on any atom is 0.242 e. The van der Waals surface area contributed by atoms with Gasteiger partial charge in [-0.15, -0.1) is 12.4 Å². The zero-order chi connectivity index (χ0) is 11.5. The summed E-state index contributed by atoms with van der Waals surface area (Å²) in [4.78, 5) is 0. The molecule has 0 amide bonds. The Morgan fingerprint density at radius 3 is 2.06 bits per heavy atom. The topological polar surface area (TPSA) is 35.2 Å². The average Bonchev–Trinajstić information content (AvgIpc) is 2.15. The van der Waals surface area contributed by atoms with Gasteiger partial charge in [-0.1, -0.05) is 19.1 Å². The van der Waals surface area contributed by atoms with E-state index in [2.05, 4.69) is 38.7 Å². The molecule has 0 saturated heterocycles. The van der Waals surface area contributed by atoms with Crippen LogP contribution in [0.3, 0.4) is 0 Å². The van der Waals surface area contributed by atoms with E-state index in [4.69, 9.17) is 10.2 Å². The predicted octanol–water partition coefficient (Wildman–Crippen LogP) is 3.73. The zero-order valence-corrected chi connectivity index (χ0v) is 12.3. The average molecular weight is 260 g/mol. The lowest BCUT2D eigenvalue weighted by molar-refractivity contribution is 0.556. The highest BCUT2D eigenvalue weighted by molar-refractivity contribution is 6.70. The molecule has 0 radical (unpaired) electrons. The van der Waals surface area contributed by atoms with E-state index in [1.54, 1.807) is 0 Å². The van der Waals surface area contributed by atoms with Crippen LogP contribution in [-0.4, -0.2) is 8.32 Å². The first-order valence-corrected chi connectivity index (χ1v) is 8.88. The molecule has 0 saturated carbocycles. The third kappa shape index (κ3) is 5.01. The van der Waals surface area contributed by atoms with Crippen molar-refractivity contribution in [3.05, 3.63) is 29.8 Å². The van der Waals surface area contributed by atoms with Gasteiger partial charge in [-0.3, -0.25) is 0 Å². The highest BCUT2D eigenvalue weighted by Crippen LogP contribution is 2.20. The van der Waals surface area contributed by atoms with Crippen LogP contribution >= 0.6 is 12.4 Å². The SMILES string of the molecule is CC[C@@H](N)c1ccc(O[Si](C)(C)C)cc1.Cl. The predicted molar refractivity (Wildman–Crippen MR) is 74.9 cm³/mol. The van der Waals surface area contributed by atoms with E-state index >= 15 is 0 Å². The summed E-state index contributed by atoms with van der Waals surface area (Å²) in [6, 6.07) is 8.30. The van der Waals surface area contributed by atoms with Crippen molar-refractivity contribution in [3.63, 3.8) is 0 Å². The lowest BCUT2D eigenvalue weighted by Crippen LogP contribution is -2.29. The van der Waals surface area contributed by atoms with Crippen molar-refractivity contribution >= 4 is 20.7 Å². The maximum atomic E-state index is 5.94. The maximum absolute atomic E-state index is 5.94. The first kappa shape index (κ1) is 15.5. The summed E-state index contributed by atoms with van der Waals surface area (Å²) >= 11 is 0. The van der Waals surface area contributed by atoms with Gasteiger partial charge in [0.2, 0.25) is 8.32 Å². The van der Waals surface area contributed by atoms with Crippen LogP contribution in [0.5, 0.6) is 5.75 Å². The molecule has 0 spiro atoms. The minimum Gasteiger partial charge on any atom is -0.544 e. The molecular weight excluding hydrogens is 238 g/mol. The van der Waals surface area contributed by atoms with Crippen LogP contribution in [0.2, 0.25) is 19.6 Å². The van der Waals surface area contributed by atoms with Gasteiger partial charge in [-0.2, -0.15) is 0 Å². The molecule has 0 unspecified atom stereocenters. The molecule has 0 fully saturated rings. The van der Waals surface area contributed by atoms with E-state index in [1.807, 2.05) is 12.1 Å². The van der Waals surface area contributed by atoms with Gasteiger partial charge >= 0.3 is 0 Å². The Morgan fingerprint density at radius 1 is 1.19 bits per heavy atom. The van der Waals surface area contributed by atoms with Gasteiger partial charge in [-0.25, -0.2) is 0 Å². The molecule has 0 heterocycles. The van der Waals surface area contributed by atoms with Gasteiger partial charge in [-0.05, 0) is 43.8 Å². The number of benzene rings is 1. The molecule has 1 rings (SSSR count). The molecule has 1 aromatic rings. The normalized spacial score (nSPS) is 12.8. The summed E-state index contributed by atoms with van der Waals surface area (Å²) in [6.07, 6.45) is 0.966. The van der Waals surface area contributed by atoms with E-state index in [-0.39, 0.29) is 18.4 Å². The fourth-order valence-electron chi connectivity index (χ4n) is 1.37. The lowest BCUT2D eigenvalue weighted by atomic mass is 10.1. The highest BCUT2D eigenvalue weighted by atomic mass is 35.5. The molecule has 16 heavy (non-hydrogen) atoms. The molecule has 2 nitrogen and oxygen atoms in total. The Morgan fingerprint density at radius 2 is 1.69 bits per heavy atom. The summed E-state index contributed by atoms with van der Waals surface area (Å²) in [7, 11) is -1.48. The summed E-state index contributed by atoms with van der Waals surface area (Å²) < 4.78 is 5.87. The second-order valence-electron chi connectivity index (χ2n) is 4.80. The molecule has 0 aromatic heterocycles. The Labute approximate surface area is 106 Å². The zero-order valence-electron chi connectivity index (χ0n) is 10.5. The summed E-state index contributed by atoms with van der Waals surface area (Å²) in [6.45, 7) is 8.63. The fraction of sp³-hybridized carbons (Fsp3) is 0.500. The Hall–Kier alpha value is -0.513. The van der Waals surface area contributed by atoms with Crippen LogP contribution in [0.15, 0.2) is 24.3 Å². The monoisotopic (exact) mass is 259 g/mol. The van der Waals surface area contributed by atoms with Crippen molar-refractivity contribution in [2.45, 2.75) is 39.0 Å². The van der Waals surface area contributed by atoms with E-state index in [1.165, 1.54) is 5.56 Å². The van der Waals surface area contributed by atoms with E-state index in [0.29, 0.717) is 0 Å². The second-order valence-corrected chi connectivity index (χ2v) is 9.23. The van der Waals surface area contributed by atoms with Gasteiger partial charge in [0.25, 0.3) is 0 Å². The van der Waals surface area contributed by atoms with Crippen LogP contribution in [0.1, 0.15) is 24.9 Å². The van der Waals surface area contributed by atoms with Crippen molar-refractivity contribution in [2.75, 3.05) is 0 Å². The van der Waals surface area contributed by atoms with Crippen LogP contribution in [-0.2, 0) is 0 Å². The minimum absolute atomic E-state index is 0. The summed E-state index contributed by atoms with van der Waals surface area (Å²) in [5.74, 6) is 0.959. The second kappa shape index (κ2) is 6.28. The van der Waals surface area contributed by atoms with Gasteiger partial charge < -0.3 is 10.2 Å². The number of nitrogens with two attached hydrogens (primary N) is 1. The number of halogens is 1. The highest BCUT2D eigenvalue weighted by Gasteiger charge is 2.16. The molecule has 1 atom stereocenters. The van der Waals surface area contributed by atoms with Gasteiger partial charge in [0.1, 0.15) is 5.75 Å². The number of hydrogen-bond acceptors (Lipinski definition) is 2. The fourth-order valence-corrected chi connectivity index (χ4v) is 2.22. The summed E-state index contributed by atoms with van der Waals surface area (Å²) in [5, 5.41) is 0. The summed E-state index contributed by atoms with van der Waals surface area (Å²) in [5.41, 5.74) is 7.12. The third-order valence-corrected chi connectivity index (χ3v) is 3.02.